The third kappa shape index (κ3) is 4.03. The quantitative estimate of drug-likeness (QED) is 0.872. The van der Waals surface area contributed by atoms with E-state index in [0.717, 1.165) is 37.4 Å². The molecule has 0 aromatic heterocycles. The van der Waals surface area contributed by atoms with E-state index in [4.69, 9.17) is 18.0 Å². The molecule has 4 heteroatoms. The maximum absolute atomic E-state index is 12.6. The molecule has 1 saturated heterocycles. The maximum atomic E-state index is 12.6. The van der Waals surface area contributed by atoms with E-state index in [1.807, 2.05) is 23.1 Å². The zero-order valence-corrected chi connectivity index (χ0v) is 13.7. The molecule has 3 nitrogen and oxygen atoms in total. The summed E-state index contributed by atoms with van der Waals surface area (Å²) in [4.78, 5) is 15.0. The second-order valence-electron chi connectivity index (χ2n) is 6.17. The van der Waals surface area contributed by atoms with Crippen LogP contribution in [0, 0.1) is 11.8 Å². The van der Waals surface area contributed by atoms with E-state index in [0.29, 0.717) is 16.5 Å². The Hall–Kier alpha value is -1.42. The van der Waals surface area contributed by atoms with E-state index < -0.39 is 0 Å². The van der Waals surface area contributed by atoms with Crippen molar-refractivity contribution in [3.63, 3.8) is 0 Å². The van der Waals surface area contributed by atoms with Gasteiger partial charge in [-0.3, -0.25) is 4.79 Å². The molecule has 2 rings (SSSR count). The van der Waals surface area contributed by atoms with Crippen molar-refractivity contribution in [3.8, 4) is 0 Å². The average molecular weight is 304 g/mol. The van der Waals surface area contributed by atoms with Crippen molar-refractivity contribution in [2.75, 3.05) is 13.1 Å². The molecule has 1 aliphatic rings. The number of hydrogen-bond donors (Lipinski definition) is 1. The number of thiocarbonyl (C=S) groups is 1. The lowest BCUT2D eigenvalue weighted by molar-refractivity contribution is 0.0759. The molecule has 0 radical (unpaired) electrons. The smallest absolute Gasteiger partial charge is 0.253 e. The molecule has 1 atom stereocenters. The van der Waals surface area contributed by atoms with Crippen molar-refractivity contribution in [1.82, 2.24) is 4.90 Å². The Labute approximate surface area is 132 Å². The molecule has 0 bridgehead atoms. The van der Waals surface area contributed by atoms with Gasteiger partial charge in [0.2, 0.25) is 0 Å². The normalized spacial score (nSPS) is 19.4. The lowest BCUT2D eigenvalue weighted by atomic mass is 9.89. The molecule has 0 saturated carbocycles. The highest BCUT2D eigenvalue weighted by molar-refractivity contribution is 7.80. The Kier molecular flexibility index (Phi) is 5.34. The van der Waals surface area contributed by atoms with Gasteiger partial charge >= 0.3 is 0 Å². The molecular formula is C17H24N2OS. The third-order valence-electron chi connectivity index (χ3n) is 4.40. The summed E-state index contributed by atoms with van der Waals surface area (Å²) in [5, 5.41) is 0. The van der Waals surface area contributed by atoms with Gasteiger partial charge in [0.1, 0.15) is 4.99 Å². The van der Waals surface area contributed by atoms with E-state index in [-0.39, 0.29) is 5.91 Å². The summed E-state index contributed by atoms with van der Waals surface area (Å²) in [7, 11) is 0. The average Bonchev–Trinajstić information content (AvgIpc) is 2.72. The van der Waals surface area contributed by atoms with Gasteiger partial charge in [-0.1, -0.05) is 38.2 Å². The van der Waals surface area contributed by atoms with Crippen molar-refractivity contribution >= 4 is 23.1 Å². The SMILES string of the molecule is CC(C)C1CCCN(C(=O)c2cccc(C(N)=S)c2)CC1. The van der Waals surface area contributed by atoms with Crippen molar-refractivity contribution in [1.29, 1.82) is 0 Å². The van der Waals surface area contributed by atoms with Crippen molar-refractivity contribution < 1.29 is 4.79 Å². The predicted molar refractivity (Wildman–Crippen MR) is 90.4 cm³/mol. The fourth-order valence-electron chi connectivity index (χ4n) is 2.98. The van der Waals surface area contributed by atoms with Crippen molar-refractivity contribution in [3.05, 3.63) is 35.4 Å². The van der Waals surface area contributed by atoms with Gasteiger partial charge in [-0.05, 0) is 43.2 Å². The molecule has 0 spiro atoms. The summed E-state index contributed by atoms with van der Waals surface area (Å²) < 4.78 is 0. The van der Waals surface area contributed by atoms with Gasteiger partial charge in [0, 0.05) is 24.2 Å². The standard InChI is InChI=1S/C17H24N2OS/c1-12(2)13-7-4-9-19(10-8-13)17(20)15-6-3-5-14(11-15)16(18)21/h3,5-6,11-13H,4,7-10H2,1-2H3,(H2,18,21). The highest BCUT2D eigenvalue weighted by Gasteiger charge is 2.23. The van der Waals surface area contributed by atoms with Gasteiger partial charge in [0.05, 0.1) is 0 Å². The lowest BCUT2D eigenvalue weighted by Crippen LogP contribution is -2.32. The third-order valence-corrected chi connectivity index (χ3v) is 4.63. The van der Waals surface area contributed by atoms with Crippen LogP contribution in [-0.4, -0.2) is 28.9 Å². The Morgan fingerprint density at radius 3 is 2.67 bits per heavy atom. The Morgan fingerprint density at radius 2 is 2.00 bits per heavy atom. The first-order valence-corrected chi connectivity index (χ1v) is 8.09. The van der Waals surface area contributed by atoms with E-state index in [9.17, 15) is 4.79 Å². The van der Waals surface area contributed by atoms with Gasteiger partial charge in [-0.15, -0.1) is 0 Å². The number of rotatable bonds is 3. The highest BCUT2D eigenvalue weighted by atomic mass is 32.1. The van der Waals surface area contributed by atoms with Gasteiger partial charge in [-0.2, -0.15) is 0 Å². The number of carbonyl (C=O) groups is 1. The van der Waals surface area contributed by atoms with Gasteiger partial charge in [0.15, 0.2) is 0 Å². The largest absolute Gasteiger partial charge is 0.389 e. The lowest BCUT2D eigenvalue weighted by Gasteiger charge is -2.22. The van der Waals surface area contributed by atoms with E-state index in [2.05, 4.69) is 13.8 Å². The van der Waals surface area contributed by atoms with Crippen LogP contribution in [0.1, 0.15) is 49.0 Å². The fraction of sp³-hybridized carbons (Fsp3) is 0.529. The topological polar surface area (TPSA) is 46.3 Å². The second-order valence-corrected chi connectivity index (χ2v) is 6.61. The number of nitrogens with two attached hydrogens (primary N) is 1. The molecule has 0 aliphatic carbocycles. The first-order valence-electron chi connectivity index (χ1n) is 7.68. The number of benzene rings is 1. The number of hydrogen-bond acceptors (Lipinski definition) is 2. The molecule has 21 heavy (non-hydrogen) atoms. The van der Waals surface area contributed by atoms with Crippen LogP contribution >= 0.6 is 12.2 Å². The van der Waals surface area contributed by atoms with Crippen LogP contribution in [0.2, 0.25) is 0 Å². The highest BCUT2D eigenvalue weighted by Crippen LogP contribution is 2.25. The van der Waals surface area contributed by atoms with Gasteiger partial charge in [-0.25, -0.2) is 0 Å². The summed E-state index contributed by atoms with van der Waals surface area (Å²) in [5.74, 6) is 1.52. The van der Waals surface area contributed by atoms with Crippen LogP contribution in [0.3, 0.4) is 0 Å². The van der Waals surface area contributed by atoms with Crippen LogP contribution in [-0.2, 0) is 0 Å². The Morgan fingerprint density at radius 1 is 1.29 bits per heavy atom. The van der Waals surface area contributed by atoms with Crippen molar-refractivity contribution in [2.45, 2.75) is 33.1 Å². The molecule has 1 fully saturated rings. The number of amides is 1. The molecule has 1 heterocycles. The first kappa shape index (κ1) is 16.0. The predicted octanol–water partition coefficient (Wildman–Crippen LogP) is 3.22. The summed E-state index contributed by atoms with van der Waals surface area (Å²) in [6.45, 7) is 6.24. The zero-order valence-electron chi connectivity index (χ0n) is 12.8. The number of nitrogens with zero attached hydrogens (tertiary/aromatic N) is 1. The monoisotopic (exact) mass is 304 g/mol. The number of carbonyl (C=O) groups excluding carboxylic acids is 1. The molecule has 1 aliphatic heterocycles. The minimum atomic E-state index is 0.0949. The fourth-order valence-corrected chi connectivity index (χ4v) is 3.11. The molecule has 114 valence electrons. The summed E-state index contributed by atoms with van der Waals surface area (Å²) in [6.07, 6.45) is 3.40. The van der Waals surface area contributed by atoms with Gasteiger partial charge < -0.3 is 10.6 Å². The van der Waals surface area contributed by atoms with Crippen LogP contribution < -0.4 is 5.73 Å². The summed E-state index contributed by atoms with van der Waals surface area (Å²) in [5.41, 5.74) is 7.08. The minimum absolute atomic E-state index is 0.0949. The summed E-state index contributed by atoms with van der Waals surface area (Å²) >= 11 is 4.98. The second kappa shape index (κ2) is 7.03. The van der Waals surface area contributed by atoms with E-state index in [1.54, 1.807) is 6.07 Å². The molecule has 2 N–H and O–H groups in total. The zero-order chi connectivity index (χ0) is 15.4. The number of likely N-dealkylation sites (tertiary alicyclic amines) is 1. The van der Waals surface area contributed by atoms with Crippen LogP contribution in [0.5, 0.6) is 0 Å². The molecule has 1 unspecified atom stereocenters. The van der Waals surface area contributed by atoms with Crippen molar-refractivity contribution in [2.24, 2.45) is 17.6 Å². The Bertz CT molecular complexity index is 527. The Balaban J connectivity index is 2.09. The van der Waals surface area contributed by atoms with Crippen LogP contribution in [0.15, 0.2) is 24.3 Å². The van der Waals surface area contributed by atoms with Gasteiger partial charge in [0.25, 0.3) is 5.91 Å². The molecular weight excluding hydrogens is 280 g/mol. The summed E-state index contributed by atoms with van der Waals surface area (Å²) in [6, 6.07) is 7.33. The molecule has 1 amide bonds. The molecule has 1 aromatic carbocycles. The van der Waals surface area contributed by atoms with Crippen LogP contribution in [0.4, 0.5) is 0 Å². The van der Waals surface area contributed by atoms with Crippen LogP contribution in [0.25, 0.3) is 0 Å². The van der Waals surface area contributed by atoms with E-state index >= 15 is 0 Å². The maximum Gasteiger partial charge on any atom is 0.253 e. The van der Waals surface area contributed by atoms with E-state index in [1.165, 1.54) is 6.42 Å². The molecule has 1 aromatic rings. The minimum Gasteiger partial charge on any atom is -0.389 e. The first-order chi connectivity index (χ1) is 9.99.